The Kier molecular flexibility index (Phi) is 5.51. The molecule has 0 aromatic heterocycles. The molecule has 1 N–H and O–H groups in total. The molecule has 1 saturated heterocycles. The number of fused-ring (bicyclic) bond motifs is 1. The van der Waals surface area contributed by atoms with E-state index in [4.69, 9.17) is 11.6 Å². The molecule has 4 heteroatoms. The van der Waals surface area contributed by atoms with E-state index in [0.29, 0.717) is 12.3 Å². The van der Waals surface area contributed by atoms with E-state index in [1.54, 1.807) is 0 Å². The molecule has 1 heterocycles. The van der Waals surface area contributed by atoms with Gasteiger partial charge in [0.2, 0.25) is 5.91 Å². The summed E-state index contributed by atoms with van der Waals surface area (Å²) >= 11 is 5.90. The highest BCUT2D eigenvalue weighted by atomic mass is 35.5. The summed E-state index contributed by atoms with van der Waals surface area (Å²) < 4.78 is 0. The maximum Gasteiger partial charge on any atom is 0.222 e. The third kappa shape index (κ3) is 3.78. The molecule has 3 nitrogen and oxygen atoms in total. The SMILES string of the molecule is CC[C@]1(O)CCC[C@H]2CN(C(=O)CCCc3ccc(Cl)cc3)C[C@H]21. The second-order valence-corrected chi connectivity index (χ2v) is 7.93. The van der Waals surface area contributed by atoms with Crippen LogP contribution < -0.4 is 0 Å². The summed E-state index contributed by atoms with van der Waals surface area (Å²) in [6, 6.07) is 7.85. The van der Waals surface area contributed by atoms with Crippen molar-refractivity contribution in [2.75, 3.05) is 13.1 Å². The highest BCUT2D eigenvalue weighted by Gasteiger charge is 2.48. The lowest BCUT2D eigenvalue weighted by molar-refractivity contribution is -0.130. The predicted molar refractivity (Wildman–Crippen MR) is 97.0 cm³/mol. The number of amides is 1. The number of halogens is 1. The Morgan fingerprint density at radius 1 is 1.33 bits per heavy atom. The van der Waals surface area contributed by atoms with Crippen molar-refractivity contribution in [2.24, 2.45) is 11.8 Å². The quantitative estimate of drug-likeness (QED) is 0.870. The summed E-state index contributed by atoms with van der Waals surface area (Å²) in [6.07, 6.45) is 6.29. The van der Waals surface area contributed by atoms with E-state index in [1.165, 1.54) is 5.56 Å². The summed E-state index contributed by atoms with van der Waals surface area (Å²) in [6.45, 7) is 3.65. The first-order valence-corrected chi connectivity index (χ1v) is 9.64. The Bertz CT molecular complexity index is 574. The fourth-order valence-corrected chi connectivity index (χ4v) is 4.65. The molecule has 1 aromatic rings. The number of carbonyl (C=O) groups excluding carboxylic acids is 1. The van der Waals surface area contributed by atoms with Crippen molar-refractivity contribution >= 4 is 17.5 Å². The minimum atomic E-state index is -0.554. The molecule has 1 amide bonds. The van der Waals surface area contributed by atoms with Crippen molar-refractivity contribution in [3.63, 3.8) is 0 Å². The van der Waals surface area contributed by atoms with E-state index in [2.05, 4.69) is 6.92 Å². The van der Waals surface area contributed by atoms with E-state index >= 15 is 0 Å². The van der Waals surface area contributed by atoms with Crippen LogP contribution in [-0.2, 0) is 11.2 Å². The Morgan fingerprint density at radius 2 is 2.08 bits per heavy atom. The molecule has 132 valence electrons. The fourth-order valence-electron chi connectivity index (χ4n) is 4.52. The average Bonchev–Trinajstić information content (AvgIpc) is 3.03. The monoisotopic (exact) mass is 349 g/mol. The normalized spacial score (nSPS) is 29.5. The fraction of sp³-hybridized carbons (Fsp3) is 0.650. The molecule has 3 rings (SSSR count). The van der Waals surface area contributed by atoms with Gasteiger partial charge < -0.3 is 10.0 Å². The predicted octanol–water partition coefficient (Wildman–Crippen LogP) is 4.06. The van der Waals surface area contributed by atoms with Gasteiger partial charge in [-0.25, -0.2) is 0 Å². The summed E-state index contributed by atoms with van der Waals surface area (Å²) in [5.74, 6) is 1.01. The number of aliphatic hydroxyl groups is 1. The average molecular weight is 350 g/mol. The second kappa shape index (κ2) is 7.45. The largest absolute Gasteiger partial charge is 0.390 e. The number of rotatable bonds is 5. The number of aryl methyl sites for hydroxylation is 1. The van der Waals surface area contributed by atoms with Gasteiger partial charge in [-0.1, -0.05) is 37.1 Å². The lowest BCUT2D eigenvalue weighted by Gasteiger charge is -2.40. The van der Waals surface area contributed by atoms with Gasteiger partial charge in [-0.15, -0.1) is 0 Å². The first-order valence-electron chi connectivity index (χ1n) is 9.26. The minimum Gasteiger partial charge on any atom is -0.390 e. The maximum absolute atomic E-state index is 12.6. The second-order valence-electron chi connectivity index (χ2n) is 7.49. The molecule has 24 heavy (non-hydrogen) atoms. The van der Waals surface area contributed by atoms with E-state index < -0.39 is 5.60 Å². The van der Waals surface area contributed by atoms with Gasteiger partial charge in [0, 0.05) is 30.5 Å². The summed E-state index contributed by atoms with van der Waals surface area (Å²) in [5.41, 5.74) is 0.670. The van der Waals surface area contributed by atoms with Crippen molar-refractivity contribution in [3.8, 4) is 0 Å². The molecule has 1 aromatic carbocycles. The molecular weight excluding hydrogens is 322 g/mol. The minimum absolute atomic E-state index is 0.247. The molecule has 1 aliphatic heterocycles. The number of hydrogen-bond acceptors (Lipinski definition) is 2. The number of carbonyl (C=O) groups is 1. The third-order valence-corrected chi connectivity index (χ3v) is 6.30. The highest BCUT2D eigenvalue weighted by Crippen LogP contribution is 2.44. The zero-order valence-electron chi connectivity index (χ0n) is 14.5. The summed E-state index contributed by atoms with van der Waals surface area (Å²) in [4.78, 5) is 14.6. The zero-order valence-corrected chi connectivity index (χ0v) is 15.3. The van der Waals surface area contributed by atoms with Gasteiger partial charge in [-0.05, 0) is 55.7 Å². The van der Waals surface area contributed by atoms with Crippen molar-refractivity contribution < 1.29 is 9.90 Å². The van der Waals surface area contributed by atoms with Crippen LogP contribution in [0.2, 0.25) is 5.02 Å². The van der Waals surface area contributed by atoms with Crippen LogP contribution >= 0.6 is 11.6 Å². The lowest BCUT2D eigenvalue weighted by Crippen LogP contribution is -2.44. The Labute approximate surface area is 150 Å². The zero-order chi connectivity index (χ0) is 17.2. The first-order chi connectivity index (χ1) is 11.5. The van der Waals surface area contributed by atoms with Crippen molar-refractivity contribution in [2.45, 2.75) is 57.5 Å². The van der Waals surface area contributed by atoms with E-state index in [1.807, 2.05) is 29.2 Å². The standard InChI is InChI=1S/C20H28ClNO2/c1-2-20(24)12-4-6-16-13-22(14-18(16)20)19(23)7-3-5-15-8-10-17(21)11-9-15/h8-11,16,18,24H,2-7,12-14H2,1H3/t16-,18+,20-/m0/s1. The van der Waals surface area contributed by atoms with Gasteiger partial charge in [0.15, 0.2) is 0 Å². The molecule has 2 aliphatic rings. The molecule has 0 spiro atoms. The van der Waals surface area contributed by atoms with Crippen molar-refractivity contribution in [1.29, 1.82) is 0 Å². The molecule has 2 fully saturated rings. The maximum atomic E-state index is 12.6. The van der Waals surface area contributed by atoms with Crippen LogP contribution in [0.1, 0.15) is 51.0 Å². The molecule has 0 bridgehead atoms. The molecule has 3 atom stereocenters. The summed E-state index contributed by atoms with van der Waals surface area (Å²) in [5, 5.41) is 11.6. The van der Waals surface area contributed by atoms with Crippen molar-refractivity contribution in [1.82, 2.24) is 4.90 Å². The van der Waals surface area contributed by atoms with Gasteiger partial charge in [0.25, 0.3) is 0 Å². The van der Waals surface area contributed by atoms with Crippen LogP contribution in [0, 0.1) is 11.8 Å². The van der Waals surface area contributed by atoms with Crippen LogP contribution in [0.25, 0.3) is 0 Å². The first kappa shape index (κ1) is 17.8. The van der Waals surface area contributed by atoms with Gasteiger partial charge >= 0.3 is 0 Å². The number of likely N-dealkylation sites (tertiary alicyclic amines) is 1. The van der Waals surface area contributed by atoms with Crippen LogP contribution in [0.5, 0.6) is 0 Å². The number of hydrogen-bond donors (Lipinski definition) is 1. The Hall–Kier alpha value is -1.06. The molecule has 1 aliphatic carbocycles. The van der Waals surface area contributed by atoms with Crippen LogP contribution in [0.4, 0.5) is 0 Å². The molecule has 0 unspecified atom stereocenters. The number of benzene rings is 1. The van der Waals surface area contributed by atoms with E-state index in [0.717, 1.165) is 56.6 Å². The van der Waals surface area contributed by atoms with Crippen LogP contribution in [-0.4, -0.2) is 34.6 Å². The highest BCUT2D eigenvalue weighted by molar-refractivity contribution is 6.30. The Balaban J connectivity index is 1.50. The van der Waals surface area contributed by atoms with Crippen LogP contribution in [0.15, 0.2) is 24.3 Å². The van der Waals surface area contributed by atoms with Gasteiger partial charge in [0.05, 0.1) is 5.60 Å². The van der Waals surface area contributed by atoms with Gasteiger partial charge in [0.1, 0.15) is 0 Å². The third-order valence-electron chi connectivity index (χ3n) is 6.05. The molecule has 1 saturated carbocycles. The van der Waals surface area contributed by atoms with E-state index in [9.17, 15) is 9.90 Å². The lowest BCUT2D eigenvalue weighted by atomic mass is 9.69. The van der Waals surface area contributed by atoms with E-state index in [-0.39, 0.29) is 11.8 Å². The summed E-state index contributed by atoms with van der Waals surface area (Å²) in [7, 11) is 0. The molecule has 0 radical (unpaired) electrons. The van der Waals surface area contributed by atoms with Crippen LogP contribution in [0.3, 0.4) is 0 Å². The van der Waals surface area contributed by atoms with Gasteiger partial charge in [-0.3, -0.25) is 4.79 Å². The Morgan fingerprint density at radius 3 is 2.79 bits per heavy atom. The molecular formula is C20H28ClNO2. The van der Waals surface area contributed by atoms with Crippen molar-refractivity contribution in [3.05, 3.63) is 34.9 Å². The topological polar surface area (TPSA) is 40.5 Å². The number of nitrogens with zero attached hydrogens (tertiary/aromatic N) is 1. The smallest absolute Gasteiger partial charge is 0.222 e. The van der Waals surface area contributed by atoms with Gasteiger partial charge in [-0.2, -0.15) is 0 Å².